The van der Waals surface area contributed by atoms with Crippen LogP contribution < -0.4 is 10.1 Å². The summed E-state index contributed by atoms with van der Waals surface area (Å²) in [6, 6.07) is 12.4. The van der Waals surface area contributed by atoms with Gasteiger partial charge in [-0.05, 0) is 29.1 Å². The largest absolute Gasteiger partial charge is 0.490 e. The molecular formula is C15H18ClNOS. The van der Waals surface area contributed by atoms with E-state index in [1.54, 1.807) is 17.4 Å². The summed E-state index contributed by atoms with van der Waals surface area (Å²) in [5, 5.41) is 5.52. The Balaban J connectivity index is 0.00000180. The van der Waals surface area contributed by atoms with E-state index in [1.165, 1.54) is 10.4 Å². The van der Waals surface area contributed by atoms with Gasteiger partial charge in [0.25, 0.3) is 0 Å². The van der Waals surface area contributed by atoms with Crippen molar-refractivity contribution in [3.8, 4) is 5.75 Å². The SMILES string of the molecule is C=CCOc1ccc(CNCc2cccs2)cc1.Cl. The Kier molecular flexibility index (Phi) is 7.26. The Bertz CT molecular complexity index is 467. The van der Waals surface area contributed by atoms with Crippen LogP contribution in [-0.2, 0) is 13.1 Å². The molecule has 0 unspecified atom stereocenters. The molecule has 0 radical (unpaired) electrons. The van der Waals surface area contributed by atoms with Crippen molar-refractivity contribution in [1.82, 2.24) is 5.32 Å². The lowest BCUT2D eigenvalue weighted by atomic mass is 10.2. The zero-order valence-corrected chi connectivity index (χ0v) is 12.3. The minimum Gasteiger partial charge on any atom is -0.490 e. The molecule has 0 saturated carbocycles. The van der Waals surface area contributed by atoms with Crippen LogP contribution in [0.4, 0.5) is 0 Å². The maximum absolute atomic E-state index is 5.44. The van der Waals surface area contributed by atoms with E-state index < -0.39 is 0 Å². The summed E-state index contributed by atoms with van der Waals surface area (Å²) < 4.78 is 5.44. The second-order valence-corrected chi connectivity index (χ2v) is 4.96. The highest BCUT2D eigenvalue weighted by molar-refractivity contribution is 7.09. The predicted molar refractivity (Wildman–Crippen MR) is 84.2 cm³/mol. The smallest absolute Gasteiger partial charge is 0.119 e. The molecule has 0 fully saturated rings. The van der Waals surface area contributed by atoms with Crippen molar-refractivity contribution >= 4 is 23.7 Å². The molecule has 2 nitrogen and oxygen atoms in total. The fourth-order valence-electron chi connectivity index (χ4n) is 1.60. The summed E-state index contributed by atoms with van der Waals surface area (Å²) in [5.74, 6) is 0.886. The number of rotatable bonds is 7. The number of benzene rings is 1. The van der Waals surface area contributed by atoms with E-state index in [0.717, 1.165) is 18.8 Å². The maximum atomic E-state index is 5.44. The molecule has 2 aromatic rings. The summed E-state index contributed by atoms with van der Waals surface area (Å²) in [6.45, 7) is 5.97. The Labute approximate surface area is 124 Å². The van der Waals surface area contributed by atoms with Crippen molar-refractivity contribution in [3.63, 3.8) is 0 Å². The van der Waals surface area contributed by atoms with E-state index in [4.69, 9.17) is 4.74 Å². The van der Waals surface area contributed by atoms with E-state index in [-0.39, 0.29) is 12.4 Å². The number of ether oxygens (including phenoxy) is 1. The highest BCUT2D eigenvalue weighted by Gasteiger charge is 1.96. The van der Waals surface area contributed by atoms with Crippen molar-refractivity contribution < 1.29 is 4.74 Å². The lowest BCUT2D eigenvalue weighted by molar-refractivity contribution is 0.363. The highest BCUT2D eigenvalue weighted by Crippen LogP contribution is 2.12. The Morgan fingerprint density at radius 2 is 1.95 bits per heavy atom. The van der Waals surface area contributed by atoms with Crippen molar-refractivity contribution in [2.45, 2.75) is 13.1 Å². The zero-order valence-electron chi connectivity index (χ0n) is 10.7. The number of hydrogen-bond acceptors (Lipinski definition) is 3. The monoisotopic (exact) mass is 295 g/mol. The van der Waals surface area contributed by atoms with Gasteiger partial charge in [-0.2, -0.15) is 0 Å². The van der Waals surface area contributed by atoms with Crippen molar-refractivity contribution in [2.24, 2.45) is 0 Å². The van der Waals surface area contributed by atoms with Gasteiger partial charge in [-0.25, -0.2) is 0 Å². The van der Waals surface area contributed by atoms with Crippen molar-refractivity contribution in [1.29, 1.82) is 0 Å². The van der Waals surface area contributed by atoms with Crippen molar-refractivity contribution in [3.05, 3.63) is 64.9 Å². The molecule has 0 spiro atoms. The molecule has 102 valence electrons. The Morgan fingerprint density at radius 1 is 1.16 bits per heavy atom. The van der Waals surface area contributed by atoms with Crippen LogP contribution in [0.2, 0.25) is 0 Å². The fourth-order valence-corrected chi connectivity index (χ4v) is 2.28. The molecule has 0 saturated heterocycles. The predicted octanol–water partition coefficient (Wildman–Crippen LogP) is 4.02. The quantitative estimate of drug-likeness (QED) is 0.779. The average molecular weight is 296 g/mol. The van der Waals surface area contributed by atoms with Crippen LogP contribution in [0.15, 0.2) is 54.4 Å². The number of nitrogens with one attached hydrogen (secondary N) is 1. The second kappa shape index (κ2) is 8.75. The number of halogens is 1. The van der Waals surface area contributed by atoms with Gasteiger partial charge in [-0.15, -0.1) is 23.7 Å². The first-order chi connectivity index (χ1) is 8.88. The molecule has 0 amide bonds. The Hall–Kier alpha value is -1.29. The van der Waals surface area contributed by atoms with Gasteiger partial charge < -0.3 is 10.1 Å². The molecule has 4 heteroatoms. The fraction of sp³-hybridized carbons (Fsp3) is 0.200. The van der Waals surface area contributed by atoms with Gasteiger partial charge in [0.1, 0.15) is 12.4 Å². The molecular weight excluding hydrogens is 278 g/mol. The topological polar surface area (TPSA) is 21.3 Å². The molecule has 19 heavy (non-hydrogen) atoms. The molecule has 0 aliphatic heterocycles. The van der Waals surface area contributed by atoms with Gasteiger partial charge in [-0.3, -0.25) is 0 Å². The molecule has 1 aromatic carbocycles. The molecule has 1 heterocycles. The third kappa shape index (κ3) is 5.47. The van der Waals surface area contributed by atoms with E-state index >= 15 is 0 Å². The zero-order chi connectivity index (χ0) is 12.6. The molecule has 0 aliphatic rings. The van der Waals surface area contributed by atoms with Crippen molar-refractivity contribution in [2.75, 3.05) is 6.61 Å². The molecule has 0 bridgehead atoms. The van der Waals surface area contributed by atoms with Crippen LogP contribution in [0, 0.1) is 0 Å². The van der Waals surface area contributed by atoms with Gasteiger partial charge in [0.15, 0.2) is 0 Å². The summed E-state index contributed by atoms with van der Waals surface area (Å²) in [7, 11) is 0. The van der Waals surface area contributed by atoms with E-state index in [9.17, 15) is 0 Å². The van der Waals surface area contributed by atoms with Gasteiger partial charge >= 0.3 is 0 Å². The Morgan fingerprint density at radius 3 is 2.58 bits per heavy atom. The first-order valence-corrected chi connectivity index (χ1v) is 6.82. The average Bonchev–Trinajstić information content (AvgIpc) is 2.91. The van der Waals surface area contributed by atoms with Crippen LogP contribution in [0.25, 0.3) is 0 Å². The van der Waals surface area contributed by atoms with Crippen LogP contribution in [0.5, 0.6) is 5.75 Å². The second-order valence-electron chi connectivity index (χ2n) is 3.93. The van der Waals surface area contributed by atoms with E-state index in [2.05, 4.69) is 41.5 Å². The lowest BCUT2D eigenvalue weighted by Gasteiger charge is -2.06. The van der Waals surface area contributed by atoms with Gasteiger partial charge in [0, 0.05) is 18.0 Å². The van der Waals surface area contributed by atoms with Gasteiger partial charge in [-0.1, -0.05) is 30.9 Å². The summed E-state index contributed by atoms with van der Waals surface area (Å²) >= 11 is 1.78. The maximum Gasteiger partial charge on any atom is 0.119 e. The first-order valence-electron chi connectivity index (χ1n) is 5.94. The molecule has 0 aliphatic carbocycles. The van der Waals surface area contributed by atoms with Gasteiger partial charge in [0.2, 0.25) is 0 Å². The van der Waals surface area contributed by atoms with Crippen LogP contribution in [0.3, 0.4) is 0 Å². The van der Waals surface area contributed by atoms with Crippen LogP contribution in [-0.4, -0.2) is 6.61 Å². The highest BCUT2D eigenvalue weighted by atomic mass is 35.5. The summed E-state index contributed by atoms with van der Waals surface area (Å²) in [6.07, 6.45) is 1.75. The number of thiophene rings is 1. The first kappa shape index (κ1) is 15.8. The van der Waals surface area contributed by atoms with E-state index in [1.807, 2.05) is 12.1 Å². The minimum atomic E-state index is 0. The minimum absolute atomic E-state index is 0. The molecule has 2 rings (SSSR count). The third-order valence-corrected chi connectivity index (χ3v) is 3.38. The lowest BCUT2D eigenvalue weighted by Crippen LogP contribution is -2.11. The summed E-state index contributed by atoms with van der Waals surface area (Å²) in [5.41, 5.74) is 1.26. The third-order valence-electron chi connectivity index (χ3n) is 2.50. The summed E-state index contributed by atoms with van der Waals surface area (Å²) in [4.78, 5) is 1.36. The molecule has 1 N–H and O–H groups in total. The number of hydrogen-bond donors (Lipinski definition) is 1. The van der Waals surface area contributed by atoms with Crippen LogP contribution >= 0.6 is 23.7 Å². The molecule has 0 atom stereocenters. The van der Waals surface area contributed by atoms with E-state index in [0.29, 0.717) is 6.61 Å². The standard InChI is InChI=1S/C15H17NOS.ClH/c1-2-9-17-14-7-5-13(6-8-14)11-16-12-15-4-3-10-18-15;/h2-8,10,16H,1,9,11-12H2;1H. The van der Waals surface area contributed by atoms with Gasteiger partial charge in [0.05, 0.1) is 0 Å². The molecule has 1 aromatic heterocycles. The van der Waals surface area contributed by atoms with Crippen LogP contribution in [0.1, 0.15) is 10.4 Å². The normalized spacial score (nSPS) is 9.68.